The molecule has 2 heterocycles. The van der Waals surface area contributed by atoms with E-state index in [1.807, 2.05) is 29.7 Å². The van der Waals surface area contributed by atoms with Crippen LogP contribution in [0.1, 0.15) is 60.5 Å². The lowest BCUT2D eigenvalue weighted by atomic mass is 9.95. The van der Waals surface area contributed by atoms with Crippen molar-refractivity contribution >= 4 is 17.4 Å². The zero-order valence-corrected chi connectivity index (χ0v) is 19.9. The fraction of sp³-hybridized carbons (Fsp3) is 0.500. The summed E-state index contributed by atoms with van der Waals surface area (Å²) in [7, 11) is 0. The van der Waals surface area contributed by atoms with Crippen LogP contribution in [0.2, 0.25) is 0 Å². The molecule has 2 aromatic rings. The molecular formula is C26H31FN6O. The highest BCUT2D eigenvalue weighted by atomic mass is 19.1. The van der Waals surface area contributed by atoms with Gasteiger partial charge >= 0.3 is 0 Å². The van der Waals surface area contributed by atoms with Crippen LogP contribution in [-0.2, 0) is 4.79 Å². The summed E-state index contributed by atoms with van der Waals surface area (Å²) in [6.07, 6.45) is 5.70. The van der Waals surface area contributed by atoms with Gasteiger partial charge in [-0.1, -0.05) is 19.3 Å². The van der Waals surface area contributed by atoms with Gasteiger partial charge in [0.2, 0.25) is 5.91 Å². The van der Waals surface area contributed by atoms with Gasteiger partial charge in [-0.15, -0.1) is 0 Å². The summed E-state index contributed by atoms with van der Waals surface area (Å²) in [6, 6.07) is 9.09. The molecule has 2 aliphatic rings. The van der Waals surface area contributed by atoms with Gasteiger partial charge in [-0.3, -0.25) is 9.69 Å². The standard InChI is InChI=1S/C26H31FN6O/c1-18-19(2)33(21-6-4-3-5-7-21)26(22(18)16-29)30-25(34)17-31-10-12-32(13-11-31)24-9-8-20(15-28)14-23(24)27/h8-9,14,21H,3-7,10-13,17H2,1-2H3,(H,30,34). The van der Waals surface area contributed by atoms with E-state index in [2.05, 4.69) is 16.0 Å². The lowest BCUT2D eigenvalue weighted by Gasteiger charge is -2.36. The minimum Gasteiger partial charge on any atom is -0.367 e. The predicted molar refractivity (Wildman–Crippen MR) is 129 cm³/mol. The molecule has 178 valence electrons. The zero-order valence-electron chi connectivity index (χ0n) is 19.9. The highest BCUT2D eigenvalue weighted by Crippen LogP contribution is 2.36. The molecule has 0 spiro atoms. The number of aromatic nitrogens is 1. The lowest BCUT2D eigenvalue weighted by molar-refractivity contribution is -0.117. The molecule has 1 aromatic carbocycles. The summed E-state index contributed by atoms with van der Waals surface area (Å²) in [5.41, 5.74) is 3.32. The number of hydrogen-bond donors (Lipinski definition) is 1. The van der Waals surface area contributed by atoms with Gasteiger partial charge in [-0.05, 0) is 50.5 Å². The summed E-state index contributed by atoms with van der Waals surface area (Å²) >= 11 is 0. The summed E-state index contributed by atoms with van der Waals surface area (Å²) in [6.45, 7) is 6.64. The molecule has 0 radical (unpaired) electrons. The Hall–Kier alpha value is -3.36. The quantitative estimate of drug-likeness (QED) is 0.718. The van der Waals surface area contributed by atoms with Crippen molar-refractivity contribution in [3.05, 3.63) is 46.4 Å². The van der Waals surface area contributed by atoms with E-state index in [4.69, 9.17) is 5.26 Å². The van der Waals surface area contributed by atoms with E-state index in [0.29, 0.717) is 54.9 Å². The van der Waals surface area contributed by atoms with Crippen molar-refractivity contribution in [1.82, 2.24) is 9.47 Å². The second-order valence-electron chi connectivity index (χ2n) is 9.30. The van der Waals surface area contributed by atoms with Gasteiger partial charge in [0.15, 0.2) is 0 Å². The molecule has 2 fully saturated rings. The molecule has 1 aliphatic heterocycles. The molecule has 1 aromatic heterocycles. The molecule has 0 atom stereocenters. The van der Waals surface area contributed by atoms with Gasteiger partial charge in [0.1, 0.15) is 17.7 Å². The molecule has 8 heteroatoms. The summed E-state index contributed by atoms with van der Waals surface area (Å²) < 4.78 is 16.5. The highest BCUT2D eigenvalue weighted by molar-refractivity contribution is 5.93. The van der Waals surface area contributed by atoms with E-state index in [-0.39, 0.29) is 12.5 Å². The van der Waals surface area contributed by atoms with Gasteiger partial charge in [-0.25, -0.2) is 4.39 Å². The first-order valence-electron chi connectivity index (χ1n) is 12.0. The average molecular weight is 463 g/mol. The maximum Gasteiger partial charge on any atom is 0.239 e. The SMILES string of the molecule is Cc1c(C#N)c(NC(=O)CN2CCN(c3ccc(C#N)cc3F)CC2)n(C2CCCCC2)c1C. The third kappa shape index (κ3) is 4.78. The molecule has 34 heavy (non-hydrogen) atoms. The van der Waals surface area contributed by atoms with Crippen molar-refractivity contribution in [2.45, 2.75) is 52.0 Å². The number of carbonyl (C=O) groups is 1. The number of piperazine rings is 1. The van der Waals surface area contributed by atoms with Crippen LogP contribution >= 0.6 is 0 Å². The van der Waals surface area contributed by atoms with Crippen molar-refractivity contribution in [3.8, 4) is 12.1 Å². The number of hydrogen-bond acceptors (Lipinski definition) is 5. The first kappa shape index (κ1) is 23.8. The topological polar surface area (TPSA) is 88.1 Å². The summed E-state index contributed by atoms with van der Waals surface area (Å²) in [5, 5.41) is 21.8. The molecule has 1 aliphatic carbocycles. The predicted octanol–water partition coefficient (Wildman–Crippen LogP) is 4.25. The number of nitriles is 2. The van der Waals surface area contributed by atoms with Crippen molar-refractivity contribution in [1.29, 1.82) is 10.5 Å². The number of rotatable bonds is 5. The fourth-order valence-corrected chi connectivity index (χ4v) is 5.24. The molecule has 7 nitrogen and oxygen atoms in total. The van der Waals surface area contributed by atoms with Crippen LogP contribution in [0.5, 0.6) is 0 Å². The van der Waals surface area contributed by atoms with Gasteiger partial charge in [0.25, 0.3) is 0 Å². The average Bonchev–Trinajstić information content (AvgIpc) is 3.08. The number of benzene rings is 1. The third-order valence-electron chi connectivity index (χ3n) is 7.22. The van der Waals surface area contributed by atoms with Gasteiger partial charge in [0.05, 0.1) is 29.4 Å². The second-order valence-corrected chi connectivity index (χ2v) is 9.30. The number of carbonyl (C=O) groups excluding carboxylic acids is 1. The van der Waals surface area contributed by atoms with E-state index >= 15 is 0 Å². The minimum absolute atomic E-state index is 0.135. The number of nitrogens with zero attached hydrogens (tertiary/aromatic N) is 5. The van der Waals surface area contributed by atoms with Crippen LogP contribution < -0.4 is 10.2 Å². The maximum absolute atomic E-state index is 14.4. The van der Waals surface area contributed by atoms with Gasteiger partial charge < -0.3 is 14.8 Å². The van der Waals surface area contributed by atoms with Crippen LogP contribution in [-0.4, -0.2) is 48.1 Å². The normalized spacial score (nSPS) is 17.3. The van der Waals surface area contributed by atoms with Crippen molar-refractivity contribution in [2.75, 3.05) is 42.9 Å². The van der Waals surface area contributed by atoms with E-state index in [1.54, 1.807) is 12.1 Å². The molecule has 0 bridgehead atoms. The van der Waals surface area contributed by atoms with E-state index in [9.17, 15) is 14.4 Å². The van der Waals surface area contributed by atoms with Crippen LogP contribution in [0.4, 0.5) is 15.9 Å². The second kappa shape index (κ2) is 10.3. The molecule has 4 rings (SSSR count). The summed E-state index contributed by atoms with van der Waals surface area (Å²) in [5.74, 6) is 0.0974. The Morgan fingerprint density at radius 3 is 2.41 bits per heavy atom. The third-order valence-corrected chi connectivity index (χ3v) is 7.22. The van der Waals surface area contributed by atoms with Crippen LogP contribution in [0.3, 0.4) is 0 Å². The Balaban J connectivity index is 1.41. The molecule has 1 amide bonds. The van der Waals surface area contributed by atoms with E-state index < -0.39 is 5.82 Å². The first-order valence-corrected chi connectivity index (χ1v) is 12.0. The monoisotopic (exact) mass is 462 g/mol. The highest BCUT2D eigenvalue weighted by Gasteiger charge is 2.27. The Morgan fingerprint density at radius 2 is 1.79 bits per heavy atom. The van der Waals surface area contributed by atoms with Gasteiger partial charge in [0, 0.05) is 37.9 Å². The Kier molecular flexibility index (Phi) is 7.19. The fourth-order valence-electron chi connectivity index (χ4n) is 5.24. The number of anilines is 2. The Morgan fingerprint density at radius 1 is 1.09 bits per heavy atom. The van der Waals surface area contributed by atoms with Crippen molar-refractivity contribution in [2.24, 2.45) is 0 Å². The van der Waals surface area contributed by atoms with Crippen molar-refractivity contribution in [3.63, 3.8) is 0 Å². The first-order chi connectivity index (χ1) is 16.4. The number of nitrogens with one attached hydrogen (secondary N) is 1. The molecular weight excluding hydrogens is 431 g/mol. The van der Waals surface area contributed by atoms with Crippen molar-refractivity contribution < 1.29 is 9.18 Å². The summed E-state index contributed by atoms with van der Waals surface area (Å²) in [4.78, 5) is 17.0. The van der Waals surface area contributed by atoms with E-state index in [0.717, 1.165) is 24.1 Å². The minimum atomic E-state index is -0.400. The number of halogens is 1. The van der Waals surface area contributed by atoms with Crippen LogP contribution in [0.15, 0.2) is 18.2 Å². The molecule has 1 saturated heterocycles. The zero-order chi connectivity index (χ0) is 24.2. The van der Waals surface area contributed by atoms with E-state index in [1.165, 1.54) is 25.3 Å². The number of amides is 1. The maximum atomic E-state index is 14.4. The van der Waals surface area contributed by atoms with Crippen LogP contribution in [0, 0.1) is 42.3 Å². The Bertz CT molecular complexity index is 1140. The smallest absolute Gasteiger partial charge is 0.239 e. The largest absolute Gasteiger partial charge is 0.367 e. The molecule has 1 N–H and O–H groups in total. The lowest BCUT2D eigenvalue weighted by Crippen LogP contribution is -2.49. The molecule has 0 unspecified atom stereocenters. The van der Waals surface area contributed by atoms with Crippen LogP contribution in [0.25, 0.3) is 0 Å². The Labute approximate surface area is 200 Å². The van der Waals surface area contributed by atoms with Gasteiger partial charge in [-0.2, -0.15) is 10.5 Å². The molecule has 1 saturated carbocycles.